The van der Waals surface area contributed by atoms with Gasteiger partial charge in [0.05, 0.1) is 51.5 Å². The number of hydrogen-bond acceptors (Lipinski definition) is 15. The fourth-order valence-corrected chi connectivity index (χ4v) is 9.60. The maximum atomic E-state index is 14.3. The molecule has 8 atom stereocenters. The van der Waals surface area contributed by atoms with Crippen molar-refractivity contribution in [2.75, 3.05) is 66.9 Å². The highest BCUT2D eigenvalue weighted by Crippen LogP contribution is 2.49. The first-order valence-electron chi connectivity index (χ1n) is 24.6. The third kappa shape index (κ3) is 14.0. The first kappa shape index (κ1) is 57.7. The van der Waals surface area contributed by atoms with Gasteiger partial charge < -0.3 is 59.1 Å². The second kappa shape index (κ2) is 24.9. The number of nitrogens with one attached hydrogen (secondary N) is 5. The lowest BCUT2D eigenvalue weighted by molar-refractivity contribution is -0.161. The first-order valence-corrected chi connectivity index (χ1v) is 25.0. The predicted molar refractivity (Wildman–Crippen MR) is 277 cm³/mol. The molecule has 6 amide bonds. The second-order valence-corrected chi connectivity index (χ2v) is 19.8. The summed E-state index contributed by atoms with van der Waals surface area (Å²) in [5.74, 6) is -4.11. The number of benzene rings is 2. The summed E-state index contributed by atoms with van der Waals surface area (Å²) >= 11 is 6.80. The molecule has 0 aliphatic carbocycles. The van der Waals surface area contributed by atoms with Crippen LogP contribution in [0.5, 0.6) is 5.75 Å². The summed E-state index contributed by atoms with van der Waals surface area (Å²) < 4.78 is 31.3. The normalized spacial score (nSPS) is 25.4. The fourth-order valence-electron chi connectivity index (χ4n) is 9.29. The number of nitrogens with zero attached hydrogens (tertiary/aromatic N) is 4. The third-order valence-corrected chi connectivity index (χ3v) is 14.5. The molecule has 3 aliphatic heterocycles. The van der Waals surface area contributed by atoms with E-state index in [0.29, 0.717) is 30.9 Å². The molecule has 0 saturated carbocycles. The van der Waals surface area contributed by atoms with Gasteiger partial charge in [0.1, 0.15) is 40.7 Å². The zero-order chi connectivity index (χ0) is 54.9. The first-order chi connectivity index (χ1) is 35.5. The van der Waals surface area contributed by atoms with Gasteiger partial charge in [-0.2, -0.15) is 0 Å². The van der Waals surface area contributed by atoms with Crippen LogP contribution in [0.15, 0.2) is 66.3 Å². The second-order valence-electron chi connectivity index (χ2n) is 19.4. The maximum Gasteiger partial charge on any atom is 0.409 e. The van der Waals surface area contributed by atoms with Crippen molar-refractivity contribution in [3.05, 3.63) is 82.5 Å². The molecule has 0 spiro atoms. The summed E-state index contributed by atoms with van der Waals surface area (Å²) in [5, 5.41) is 24.9. The number of likely N-dealkylation sites (N-methyl/N-ethyl adjacent to an activating group) is 1. The SMILES string of the molecule is CNN(C)Cc1cc2ccccc2n1CCC(=O)NCC(=O)NCC(=O)NCC(=O)N(C)[C@@H](C)C(=O)O[C@H]1CC(=O)N(C)c2cc(cc(OC)c2Cl)C/C(C)=C/C=C/[C@@H](OC)[C@@]2(O)C[C@H](OC(=O)N2)[C@@H](C)C2O[C@]21C. The van der Waals surface area contributed by atoms with E-state index in [1.807, 2.05) is 56.4 Å². The number of amides is 6. The molecule has 1 aromatic heterocycles. The van der Waals surface area contributed by atoms with Crippen LogP contribution in [0.1, 0.15) is 58.2 Å². The van der Waals surface area contributed by atoms with Crippen LogP contribution < -0.4 is 36.3 Å². The van der Waals surface area contributed by atoms with E-state index in [9.17, 15) is 38.7 Å². The van der Waals surface area contributed by atoms with Gasteiger partial charge in [-0.3, -0.25) is 34.7 Å². The number of hydrazine groups is 1. The van der Waals surface area contributed by atoms with Crippen molar-refractivity contribution < 1.29 is 62.4 Å². The molecule has 2 aromatic carbocycles. The monoisotopic (exact) mass is 1060 g/mol. The van der Waals surface area contributed by atoms with Gasteiger partial charge in [-0.05, 0) is 69.5 Å². The number of aliphatic hydroxyl groups is 1. The lowest BCUT2D eigenvalue weighted by atomic mass is 9.83. The predicted octanol–water partition coefficient (Wildman–Crippen LogP) is 2.47. The summed E-state index contributed by atoms with van der Waals surface area (Å²) in [4.78, 5) is 95.3. The van der Waals surface area contributed by atoms with Gasteiger partial charge in [0.25, 0.3) is 0 Å². The van der Waals surface area contributed by atoms with E-state index in [1.54, 1.807) is 38.1 Å². The average Bonchev–Trinajstić information content (AvgIpc) is 3.96. The van der Waals surface area contributed by atoms with E-state index in [1.165, 1.54) is 40.1 Å². The molecule has 0 radical (unpaired) electrons. The molecule has 408 valence electrons. The number of fused-ring (bicyclic) bond motifs is 6. The lowest BCUT2D eigenvalue weighted by Crippen LogP contribution is -2.63. The molecule has 6 N–H and O–H groups in total. The summed E-state index contributed by atoms with van der Waals surface area (Å²) in [7, 11) is 9.45. The molecule has 6 rings (SSSR count). The standard InChI is InChI=1S/C52H70ClN9O13/c1-30-14-13-17-40(72-10)52(70)25-39(73-50(69)58-52)31(2)48-51(4,75-48)41(24-45(66)61(8)37-21-33(20-30)22-38(71-9)47(37)53)74-49(68)32(3)60(7)46(67)28-57-44(65)27-56-43(64)26-55-42(63)18-19-62-35(29-59(6)54-5)23-34-15-11-12-16-36(34)62/h11-17,21-23,31-32,39-41,48,54,70H,18-20,24-29H2,1-10H3,(H,55,63)(H,56,64)(H,57,65)(H,58,69)/b17-13+,30-14+/t31-,32+,39+,40-,41+,48?,51+,52+/m1/s1. The number of alkyl carbamates (subject to hydrolysis) is 1. The number of aromatic nitrogens is 1. The molecule has 23 heteroatoms. The molecule has 3 aromatic rings. The van der Waals surface area contributed by atoms with Gasteiger partial charge in [0, 0.05) is 64.8 Å². The quantitative estimate of drug-likeness (QED) is 0.0645. The van der Waals surface area contributed by atoms with Crippen molar-refractivity contribution in [3.8, 4) is 5.75 Å². The molecule has 3 aliphatic rings. The fraction of sp³-hybridized carbons (Fsp3) is 0.519. The van der Waals surface area contributed by atoms with E-state index in [2.05, 4.69) is 37.3 Å². The zero-order valence-corrected chi connectivity index (χ0v) is 44.9. The van der Waals surface area contributed by atoms with Crippen LogP contribution in [0.4, 0.5) is 10.5 Å². The number of halogens is 1. The summed E-state index contributed by atoms with van der Waals surface area (Å²) in [6.07, 6.45) is 0.266. The van der Waals surface area contributed by atoms with Crippen LogP contribution >= 0.6 is 11.6 Å². The third-order valence-electron chi connectivity index (χ3n) is 14.1. The number of carbonyl (C=O) groups excluding carboxylic acids is 7. The Bertz CT molecular complexity index is 2700. The van der Waals surface area contributed by atoms with E-state index in [-0.39, 0.29) is 30.3 Å². The van der Waals surface area contributed by atoms with Gasteiger partial charge in [-0.1, -0.05) is 60.5 Å². The Hall–Kier alpha value is -6.56. The van der Waals surface area contributed by atoms with Gasteiger partial charge in [0.2, 0.25) is 29.5 Å². The van der Waals surface area contributed by atoms with Gasteiger partial charge in [0.15, 0.2) is 5.72 Å². The Balaban J connectivity index is 1.07. The van der Waals surface area contributed by atoms with Crippen molar-refractivity contribution >= 4 is 69.8 Å². The topological polar surface area (TPSA) is 264 Å². The molecule has 75 heavy (non-hydrogen) atoms. The van der Waals surface area contributed by atoms with E-state index < -0.39 is 103 Å². The molecule has 2 saturated heterocycles. The number of hydrogen-bond donors (Lipinski definition) is 6. The molecular formula is C52H70ClN9O13. The summed E-state index contributed by atoms with van der Waals surface area (Å²) in [6.45, 7) is 6.25. The van der Waals surface area contributed by atoms with E-state index in [4.69, 9.17) is 35.3 Å². The van der Waals surface area contributed by atoms with Gasteiger partial charge >= 0.3 is 12.1 Å². The minimum absolute atomic E-state index is 0.100. The Morgan fingerprint density at radius 3 is 2.37 bits per heavy atom. The van der Waals surface area contributed by atoms with Crippen molar-refractivity contribution in [2.24, 2.45) is 5.92 Å². The number of para-hydroxylation sites is 1. The molecule has 2 fully saturated rings. The lowest BCUT2D eigenvalue weighted by Gasteiger charge is -2.42. The highest BCUT2D eigenvalue weighted by molar-refractivity contribution is 6.35. The highest BCUT2D eigenvalue weighted by atomic mass is 35.5. The van der Waals surface area contributed by atoms with Crippen molar-refractivity contribution in [1.29, 1.82) is 0 Å². The molecular weight excluding hydrogens is 994 g/mol. The number of allylic oxidation sites excluding steroid dienone is 3. The Labute approximate surface area is 441 Å². The minimum atomic E-state index is -1.90. The molecule has 22 nitrogen and oxygen atoms in total. The number of aryl methyl sites for hydroxylation is 1. The van der Waals surface area contributed by atoms with Crippen LogP contribution in [0.2, 0.25) is 5.02 Å². The van der Waals surface area contributed by atoms with Crippen LogP contribution in [-0.2, 0) is 67.2 Å². The number of carbonyl (C=O) groups is 7. The average molecular weight is 1060 g/mol. The number of epoxide rings is 1. The maximum absolute atomic E-state index is 14.3. The smallest absolute Gasteiger partial charge is 0.409 e. The number of methoxy groups -OCH3 is 2. The minimum Gasteiger partial charge on any atom is -0.495 e. The highest BCUT2D eigenvalue weighted by Gasteiger charge is 2.64. The van der Waals surface area contributed by atoms with Crippen LogP contribution in [0.25, 0.3) is 10.9 Å². The largest absolute Gasteiger partial charge is 0.495 e. The van der Waals surface area contributed by atoms with Crippen molar-refractivity contribution in [2.45, 2.75) is 108 Å². The van der Waals surface area contributed by atoms with Crippen molar-refractivity contribution in [1.82, 2.24) is 41.2 Å². The van der Waals surface area contributed by atoms with E-state index in [0.717, 1.165) is 32.6 Å². The summed E-state index contributed by atoms with van der Waals surface area (Å²) in [6, 6.07) is 12.2. The van der Waals surface area contributed by atoms with Gasteiger partial charge in [-0.15, -0.1) is 0 Å². The van der Waals surface area contributed by atoms with Crippen LogP contribution in [0.3, 0.4) is 0 Å². The molecule has 4 bridgehead atoms. The number of anilines is 1. The molecule has 4 heterocycles. The van der Waals surface area contributed by atoms with Crippen LogP contribution in [-0.4, -0.2) is 165 Å². The van der Waals surface area contributed by atoms with Crippen molar-refractivity contribution in [3.63, 3.8) is 0 Å². The van der Waals surface area contributed by atoms with Gasteiger partial charge in [-0.25, -0.2) is 14.6 Å². The number of esters is 1. The number of ether oxygens (including phenoxy) is 5. The van der Waals surface area contributed by atoms with E-state index >= 15 is 0 Å². The van der Waals surface area contributed by atoms with Crippen LogP contribution in [0, 0.1) is 5.92 Å². The Morgan fingerprint density at radius 2 is 1.69 bits per heavy atom. The molecule has 1 unspecified atom stereocenters. The number of rotatable bonds is 17. The Kier molecular flexibility index (Phi) is 19.1. The Morgan fingerprint density at radius 1 is 1.01 bits per heavy atom. The zero-order valence-electron chi connectivity index (χ0n) is 44.1. The summed E-state index contributed by atoms with van der Waals surface area (Å²) in [5.41, 5.74) is 3.78.